The predicted octanol–water partition coefficient (Wildman–Crippen LogP) is 2.58. The number of hydrogen-bond donors (Lipinski definition) is 0. The summed E-state index contributed by atoms with van der Waals surface area (Å²) in [4.78, 5) is 0. The molecule has 14 heavy (non-hydrogen) atoms. The molecule has 0 aliphatic rings. The van der Waals surface area contributed by atoms with Gasteiger partial charge in [-0.3, -0.25) is 0 Å². The second kappa shape index (κ2) is 6.59. The Morgan fingerprint density at radius 3 is 2.14 bits per heavy atom. The lowest BCUT2D eigenvalue weighted by molar-refractivity contribution is 0.468. The highest BCUT2D eigenvalue weighted by Gasteiger charge is 2.26. The van der Waals surface area contributed by atoms with Crippen molar-refractivity contribution in [2.45, 2.75) is 46.5 Å². The Kier molecular flexibility index (Phi) is 6.65. The summed E-state index contributed by atoms with van der Waals surface area (Å²) in [6.45, 7) is 16.6. The van der Waals surface area contributed by atoms with Gasteiger partial charge < -0.3 is 4.57 Å². The molecule has 0 bridgehead atoms. The lowest BCUT2D eigenvalue weighted by Crippen LogP contribution is -2.49. The summed E-state index contributed by atoms with van der Waals surface area (Å²) in [6.07, 6.45) is 2.30. The SMILES string of the molecule is CC=C(C)[SiH2]C[Si](C)(C)N(CC)CC. The normalized spacial score (nSPS) is 14.6. The zero-order valence-electron chi connectivity index (χ0n) is 10.9. The molecule has 0 saturated carbocycles. The smallest absolute Gasteiger partial charge is 0.119 e. The summed E-state index contributed by atoms with van der Waals surface area (Å²) in [5.41, 5.74) is 1.53. The summed E-state index contributed by atoms with van der Waals surface area (Å²) in [7, 11) is -1.01. The van der Waals surface area contributed by atoms with Crippen LogP contribution in [0.4, 0.5) is 0 Å². The van der Waals surface area contributed by atoms with Gasteiger partial charge in [-0.05, 0) is 26.9 Å². The third-order valence-corrected chi connectivity index (χ3v) is 12.7. The number of hydrogen-bond acceptors (Lipinski definition) is 1. The van der Waals surface area contributed by atoms with Crippen molar-refractivity contribution in [3.63, 3.8) is 0 Å². The molecule has 84 valence electrons. The maximum atomic E-state index is 2.71. The fraction of sp³-hybridized carbons (Fsp3) is 0.818. The molecule has 0 aromatic carbocycles. The Labute approximate surface area is 93.5 Å². The molecular weight excluding hydrogens is 202 g/mol. The maximum absolute atomic E-state index is 2.71. The highest BCUT2D eigenvalue weighted by atomic mass is 28.4. The van der Waals surface area contributed by atoms with Crippen molar-refractivity contribution in [1.29, 1.82) is 0 Å². The van der Waals surface area contributed by atoms with Crippen molar-refractivity contribution in [3.8, 4) is 0 Å². The fourth-order valence-corrected chi connectivity index (χ4v) is 9.18. The van der Waals surface area contributed by atoms with E-state index in [0.29, 0.717) is 0 Å². The quantitative estimate of drug-likeness (QED) is 0.633. The average Bonchev–Trinajstić information content (AvgIpc) is 2.15. The number of allylic oxidation sites excluding steroid dienone is 2. The van der Waals surface area contributed by atoms with E-state index < -0.39 is 8.24 Å². The standard InChI is InChI=1S/C11H27NSi2/c1-7-11(4)13-10-14(5,6)12(8-2)9-3/h7H,8-10,13H2,1-6H3. The molecule has 0 radical (unpaired) electrons. The van der Waals surface area contributed by atoms with E-state index in [-0.39, 0.29) is 9.52 Å². The molecule has 0 saturated heterocycles. The fourth-order valence-electron chi connectivity index (χ4n) is 1.89. The second-order valence-corrected chi connectivity index (χ2v) is 12.5. The van der Waals surface area contributed by atoms with E-state index in [2.05, 4.69) is 51.4 Å². The first-order valence-corrected chi connectivity index (χ1v) is 10.7. The minimum absolute atomic E-state index is 0.0512. The summed E-state index contributed by atoms with van der Waals surface area (Å²) in [6, 6.07) is 0. The van der Waals surface area contributed by atoms with Crippen LogP contribution in [0.25, 0.3) is 0 Å². The first-order valence-electron chi connectivity index (χ1n) is 5.84. The van der Waals surface area contributed by atoms with Crippen LogP contribution >= 0.6 is 0 Å². The Hall–Kier alpha value is 0.134. The summed E-state index contributed by atoms with van der Waals surface area (Å²) < 4.78 is 2.71. The van der Waals surface area contributed by atoms with Crippen LogP contribution in [0.15, 0.2) is 11.3 Å². The van der Waals surface area contributed by atoms with Crippen LogP contribution in [0.3, 0.4) is 0 Å². The summed E-state index contributed by atoms with van der Waals surface area (Å²) in [5, 5.41) is 1.68. The predicted molar refractivity (Wildman–Crippen MR) is 73.2 cm³/mol. The molecule has 0 N–H and O–H groups in total. The molecule has 0 spiro atoms. The lowest BCUT2D eigenvalue weighted by atomic mass is 10.6. The van der Waals surface area contributed by atoms with Gasteiger partial charge in [0.1, 0.15) is 8.24 Å². The molecule has 0 fully saturated rings. The number of nitrogens with zero attached hydrogens (tertiary/aromatic N) is 1. The monoisotopic (exact) mass is 229 g/mol. The first kappa shape index (κ1) is 14.1. The molecule has 1 nitrogen and oxygen atoms in total. The van der Waals surface area contributed by atoms with E-state index in [1.54, 1.807) is 5.20 Å². The Bertz CT molecular complexity index is 184. The second-order valence-electron chi connectivity index (χ2n) is 4.62. The molecule has 0 unspecified atom stereocenters. The summed E-state index contributed by atoms with van der Waals surface area (Å²) in [5.74, 6) is 0. The van der Waals surface area contributed by atoms with E-state index in [1.165, 1.54) is 18.8 Å². The van der Waals surface area contributed by atoms with Gasteiger partial charge in [0.25, 0.3) is 0 Å². The molecule has 0 rings (SSSR count). The largest absolute Gasteiger partial charge is 0.324 e. The van der Waals surface area contributed by atoms with Gasteiger partial charge in [-0.15, -0.1) is 0 Å². The van der Waals surface area contributed by atoms with Gasteiger partial charge in [0.15, 0.2) is 0 Å². The Morgan fingerprint density at radius 2 is 1.79 bits per heavy atom. The van der Waals surface area contributed by atoms with E-state index in [4.69, 9.17) is 0 Å². The van der Waals surface area contributed by atoms with E-state index in [0.717, 1.165) is 0 Å². The van der Waals surface area contributed by atoms with Crippen molar-refractivity contribution in [1.82, 2.24) is 4.57 Å². The molecular formula is C11H27NSi2. The molecule has 0 aliphatic carbocycles. The van der Waals surface area contributed by atoms with Gasteiger partial charge in [-0.25, -0.2) is 0 Å². The third kappa shape index (κ3) is 4.57. The highest BCUT2D eigenvalue weighted by Crippen LogP contribution is 2.15. The molecule has 3 heteroatoms. The van der Waals surface area contributed by atoms with Gasteiger partial charge in [0, 0.05) is 9.52 Å². The average molecular weight is 230 g/mol. The van der Waals surface area contributed by atoms with Crippen LogP contribution in [0, 0.1) is 0 Å². The van der Waals surface area contributed by atoms with E-state index in [1.807, 2.05) is 0 Å². The van der Waals surface area contributed by atoms with Crippen molar-refractivity contribution in [2.24, 2.45) is 0 Å². The van der Waals surface area contributed by atoms with Gasteiger partial charge in [-0.2, -0.15) is 0 Å². The van der Waals surface area contributed by atoms with E-state index in [9.17, 15) is 0 Å². The molecule has 0 aromatic heterocycles. The zero-order chi connectivity index (χ0) is 11.2. The van der Waals surface area contributed by atoms with Crippen molar-refractivity contribution < 1.29 is 0 Å². The minimum Gasteiger partial charge on any atom is -0.324 e. The zero-order valence-corrected chi connectivity index (χ0v) is 13.3. The van der Waals surface area contributed by atoms with Crippen molar-refractivity contribution in [3.05, 3.63) is 11.3 Å². The topological polar surface area (TPSA) is 3.24 Å². The highest BCUT2D eigenvalue weighted by molar-refractivity contribution is 6.83. The van der Waals surface area contributed by atoms with Crippen LogP contribution in [-0.4, -0.2) is 35.4 Å². The van der Waals surface area contributed by atoms with Gasteiger partial charge in [-0.1, -0.05) is 43.9 Å². The van der Waals surface area contributed by atoms with Gasteiger partial charge in [0.05, 0.1) is 0 Å². The Morgan fingerprint density at radius 1 is 1.29 bits per heavy atom. The third-order valence-electron chi connectivity index (χ3n) is 3.24. The van der Waals surface area contributed by atoms with Gasteiger partial charge in [0.2, 0.25) is 0 Å². The maximum Gasteiger partial charge on any atom is 0.119 e. The van der Waals surface area contributed by atoms with Crippen molar-refractivity contribution in [2.75, 3.05) is 13.1 Å². The minimum atomic E-state index is -1.06. The lowest BCUT2D eigenvalue weighted by Gasteiger charge is -2.35. The molecule has 0 aromatic rings. The van der Waals surface area contributed by atoms with Crippen LogP contribution < -0.4 is 0 Å². The number of rotatable bonds is 6. The molecule has 0 atom stereocenters. The van der Waals surface area contributed by atoms with Crippen LogP contribution in [0.5, 0.6) is 0 Å². The molecule has 0 amide bonds. The summed E-state index contributed by atoms with van der Waals surface area (Å²) >= 11 is 0. The first-order chi connectivity index (χ1) is 6.47. The Balaban J connectivity index is 4.18. The van der Waals surface area contributed by atoms with E-state index >= 15 is 0 Å². The molecule has 0 aliphatic heterocycles. The van der Waals surface area contributed by atoms with Crippen LogP contribution in [0.2, 0.25) is 18.8 Å². The van der Waals surface area contributed by atoms with Crippen LogP contribution in [-0.2, 0) is 0 Å². The van der Waals surface area contributed by atoms with Crippen molar-refractivity contribution >= 4 is 17.8 Å². The van der Waals surface area contributed by atoms with Gasteiger partial charge >= 0.3 is 0 Å². The molecule has 0 heterocycles. The van der Waals surface area contributed by atoms with Crippen LogP contribution in [0.1, 0.15) is 27.7 Å².